The van der Waals surface area contributed by atoms with Gasteiger partial charge in [0.25, 0.3) is 0 Å². The molecule has 0 saturated carbocycles. The van der Waals surface area contributed by atoms with E-state index in [-0.39, 0.29) is 6.61 Å². The standard InChI is InChI=1S/C4H11N3.C2H6O/c5-7-3-1-6-2-4-7;1-2-3/h6H,1-5H2;3H,2H2,1H3. The van der Waals surface area contributed by atoms with E-state index in [0.29, 0.717) is 0 Å². The van der Waals surface area contributed by atoms with Gasteiger partial charge in [-0.2, -0.15) is 0 Å². The number of hydrazine groups is 1. The maximum absolute atomic E-state index is 7.57. The van der Waals surface area contributed by atoms with Gasteiger partial charge in [-0.25, -0.2) is 5.01 Å². The third-order valence-electron chi connectivity index (χ3n) is 1.15. The van der Waals surface area contributed by atoms with E-state index < -0.39 is 0 Å². The molecule has 1 saturated heterocycles. The summed E-state index contributed by atoms with van der Waals surface area (Å²) in [6.45, 7) is 5.98. The molecule has 0 spiro atoms. The molecular formula is C6H17N3O. The molecule has 1 heterocycles. The Labute approximate surface area is 62.0 Å². The van der Waals surface area contributed by atoms with Gasteiger partial charge in [-0.05, 0) is 6.92 Å². The van der Waals surface area contributed by atoms with Gasteiger partial charge in [0.1, 0.15) is 0 Å². The fourth-order valence-corrected chi connectivity index (χ4v) is 0.682. The zero-order chi connectivity index (χ0) is 7.82. The minimum absolute atomic E-state index is 0.250. The molecule has 0 aromatic carbocycles. The summed E-state index contributed by atoms with van der Waals surface area (Å²) in [5, 5.41) is 12.6. The van der Waals surface area contributed by atoms with Crippen LogP contribution < -0.4 is 11.2 Å². The van der Waals surface area contributed by atoms with Crippen LogP contribution in [-0.4, -0.2) is 42.9 Å². The van der Waals surface area contributed by atoms with Crippen LogP contribution in [0.1, 0.15) is 6.92 Å². The zero-order valence-corrected chi connectivity index (χ0v) is 6.51. The van der Waals surface area contributed by atoms with Crippen molar-refractivity contribution in [1.29, 1.82) is 0 Å². The van der Waals surface area contributed by atoms with E-state index >= 15 is 0 Å². The average Bonchev–Trinajstić information content (AvgIpc) is 1.91. The van der Waals surface area contributed by atoms with Crippen LogP contribution in [0.3, 0.4) is 0 Å². The molecule has 0 aromatic heterocycles. The summed E-state index contributed by atoms with van der Waals surface area (Å²) in [7, 11) is 0. The molecule has 1 aliphatic rings. The summed E-state index contributed by atoms with van der Waals surface area (Å²) in [4.78, 5) is 0. The zero-order valence-electron chi connectivity index (χ0n) is 6.51. The van der Waals surface area contributed by atoms with Gasteiger partial charge in [0.2, 0.25) is 0 Å². The van der Waals surface area contributed by atoms with Crippen LogP contribution in [0.25, 0.3) is 0 Å². The molecule has 4 N–H and O–H groups in total. The van der Waals surface area contributed by atoms with Gasteiger partial charge in [0.05, 0.1) is 0 Å². The Balaban J connectivity index is 0.000000236. The molecule has 1 aliphatic heterocycles. The minimum Gasteiger partial charge on any atom is -0.397 e. The molecule has 0 atom stereocenters. The van der Waals surface area contributed by atoms with Gasteiger partial charge in [0.15, 0.2) is 0 Å². The summed E-state index contributed by atoms with van der Waals surface area (Å²) < 4.78 is 0. The first-order valence-corrected chi connectivity index (χ1v) is 3.62. The Kier molecular flexibility index (Phi) is 6.84. The highest BCUT2D eigenvalue weighted by molar-refractivity contribution is 4.60. The third-order valence-corrected chi connectivity index (χ3v) is 1.15. The van der Waals surface area contributed by atoms with Crippen molar-refractivity contribution >= 4 is 0 Å². The van der Waals surface area contributed by atoms with Crippen molar-refractivity contribution < 1.29 is 5.11 Å². The van der Waals surface area contributed by atoms with E-state index in [4.69, 9.17) is 10.9 Å². The molecule has 0 aromatic rings. The Hall–Kier alpha value is -0.160. The van der Waals surface area contributed by atoms with Gasteiger partial charge in [-0.3, -0.25) is 5.84 Å². The monoisotopic (exact) mass is 147 g/mol. The lowest BCUT2D eigenvalue weighted by Gasteiger charge is -2.21. The highest BCUT2D eigenvalue weighted by atomic mass is 16.2. The highest BCUT2D eigenvalue weighted by Crippen LogP contribution is 1.79. The van der Waals surface area contributed by atoms with Crippen LogP contribution in [0, 0.1) is 0 Å². The molecule has 0 radical (unpaired) electrons. The van der Waals surface area contributed by atoms with Crippen molar-refractivity contribution in [3.05, 3.63) is 0 Å². The lowest BCUT2D eigenvalue weighted by atomic mass is 10.4. The van der Waals surface area contributed by atoms with Crippen molar-refractivity contribution in [3.63, 3.8) is 0 Å². The Morgan fingerprint density at radius 3 is 2.10 bits per heavy atom. The number of nitrogens with zero attached hydrogens (tertiary/aromatic N) is 1. The lowest BCUT2D eigenvalue weighted by molar-refractivity contribution is 0.248. The van der Waals surface area contributed by atoms with Crippen LogP contribution >= 0.6 is 0 Å². The van der Waals surface area contributed by atoms with Crippen LogP contribution in [0.2, 0.25) is 0 Å². The van der Waals surface area contributed by atoms with Crippen molar-refractivity contribution in [2.24, 2.45) is 5.84 Å². The molecule has 4 heteroatoms. The summed E-state index contributed by atoms with van der Waals surface area (Å²) in [5.41, 5.74) is 0. The summed E-state index contributed by atoms with van der Waals surface area (Å²) >= 11 is 0. The number of rotatable bonds is 0. The molecule has 62 valence electrons. The second kappa shape index (κ2) is 6.95. The summed E-state index contributed by atoms with van der Waals surface area (Å²) in [6, 6.07) is 0. The fourth-order valence-electron chi connectivity index (χ4n) is 0.682. The maximum atomic E-state index is 7.57. The highest BCUT2D eigenvalue weighted by Gasteiger charge is 2.01. The summed E-state index contributed by atoms with van der Waals surface area (Å²) in [6.07, 6.45) is 0. The quantitative estimate of drug-likeness (QED) is 0.375. The van der Waals surface area contributed by atoms with E-state index in [0.717, 1.165) is 26.2 Å². The molecule has 1 fully saturated rings. The average molecular weight is 147 g/mol. The Morgan fingerprint density at radius 1 is 1.50 bits per heavy atom. The molecule has 4 nitrogen and oxygen atoms in total. The van der Waals surface area contributed by atoms with Gasteiger partial charge in [0, 0.05) is 32.8 Å². The number of hydrogen-bond donors (Lipinski definition) is 3. The van der Waals surface area contributed by atoms with Crippen LogP contribution in [0.4, 0.5) is 0 Å². The van der Waals surface area contributed by atoms with E-state index in [1.807, 2.05) is 5.01 Å². The Morgan fingerprint density at radius 2 is 1.90 bits per heavy atom. The topological polar surface area (TPSA) is 61.5 Å². The molecule has 0 aliphatic carbocycles. The van der Waals surface area contributed by atoms with Crippen LogP contribution in [-0.2, 0) is 0 Å². The smallest absolute Gasteiger partial charge is 0.0402 e. The van der Waals surface area contributed by atoms with Gasteiger partial charge in [-0.1, -0.05) is 0 Å². The lowest BCUT2D eigenvalue weighted by Crippen LogP contribution is -2.47. The number of hydrogen-bond acceptors (Lipinski definition) is 4. The molecule has 10 heavy (non-hydrogen) atoms. The first kappa shape index (κ1) is 9.84. The van der Waals surface area contributed by atoms with Crippen molar-refractivity contribution in [1.82, 2.24) is 10.3 Å². The van der Waals surface area contributed by atoms with Crippen molar-refractivity contribution in [2.45, 2.75) is 6.92 Å². The maximum Gasteiger partial charge on any atom is 0.0402 e. The second-order valence-electron chi connectivity index (χ2n) is 2.10. The predicted octanol–water partition coefficient (Wildman–Crippen LogP) is -1.24. The number of aliphatic hydroxyl groups excluding tert-OH is 1. The van der Waals surface area contributed by atoms with Crippen molar-refractivity contribution in [2.75, 3.05) is 32.8 Å². The number of aliphatic hydroxyl groups is 1. The van der Waals surface area contributed by atoms with Crippen LogP contribution in [0.15, 0.2) is 0 Å². The largest absolute Gasteiger partial charge is 0.397 e. The number of nitrogens with one attached hydrogen (secondary N) is 1. The second-order valence-corrected chi connectivity index (χ2v) is 2.10. The Bertz CT molecular complexity index is 64.0. The first-order valence-electron chi connectivity index (χ1n) is 3.62. The SMILES string of the molecule is CCO.NN1CCNCC1. The first-order chi connectivity index (χ1) is 4.81. The minimum atomic E-state index is 0.250. The van der Waals surface area contributed by atoms with Crippen molar-refractivity contribution in [3.8, 4) is 0 Å². The van der Waals surface area contributed by atoms with E-state index in [2.05, 4.69) is 5.32 Å². The van der Waals surface area contributed by atoms with Gasteiger partial charge < -0.3 is 10.4 Å². The molecule has 1 rings (SSSR count). The molecule has 0 bridgehead atoms. The van der Waals surface area contributed by atoms with E-state index in [1.54, 1.807) is 6.92 Å². The van der Waals surface area contributed by atoms with Crippen LogP contribution in [0.5, 0.6) is 0 Å². The van der Waals surface area contributed by atoms with E-state index in [9.17, 15) is 0 Å². The number of nitrogens with two attached hydrogens (primary N) is 1. The molecule has 0 amide bonds. The fraction of sp³-hybridized carbons (Fsp3) is 1.00. The molecule has 0 unspecified atom stereocenters. The molecular weight excluding hydrogens is 130 g/mol. The normalized spacial score (nSPS) is 19.5. The van der Waals surface area contributed by atoms with Gasteiger partial charge >= 0.3 is 0 Å². The van der Waals surface area contributed by atoms with E-state index in [1.165, 1.54) is 0 Å². The number of piperazine rings is 1. The van der Waals surface area contributed by atoms with Gasteiger partial charge in [-0.15, -0.1) is 0 Å². The summed E-state index contributed by atoms with van der Waals surface area (Å²) in [5.74, 6) is 5.43. The third kappa shape index (κ3) is 5.97. The predicted molar refractivity (Wildman–Crippen MR) is 41.4 cm³/mol.